The Bertz CT molecular complexity index is 596. The lowest BCUT2D eigenvalue weighted by molar-refractivity contribution is -0.145. The number of nitrogens with one attached hydrogen (secondary N) is 1. The maximum Gasteiger partial charge on any atom is 0.321 e. The number of halogens is 1. The summed E-state index contributed by atoms with van der Waals surface area (Å²) in [6, 6.07) is 5.29. The highest BCUT2D eigenvalue weighted by Crippen LogP contribution is 2.35. The van der Waals surface area contributed by atoms with Gasteiger partial charge in [-0.3, -0.25) is 19.4 Å². The molecule has 0 radical (unpaired) electrons. The predicted octanol–water partition coefficient (Wildman–Crippen LogP) is 1.24. The number of piperazine rings is 1. The Kier molecular flexibility index (Phi) is 5.11. The van der Waals surface area contributed by atoms with E-state index in [-0.39, 0.29) is 30.2 Å². The Labute approximate surface area is 140 Å². The van der Waals surface area contributed by atoms with Crippen LogP contribution in [-0.4, -0.2) is 65.5 Å². The Balaban J connectivity index is 1.45. The average molecular weight is 335 g/mol. The molecule has 1 saturated heterocycles. The van der Waals surface area contributed by atoms with E-state index < -0.39 is 5.97 Å². The van der Waals surface area contributed by atoms with Gasteiger partial charge in [-0.05, 0) is 43.0 Å². The molecule has 1 amide bonds. The van der Waals surface area contributed by atoms with Crippen molar-refractivity contribution in [2.24, 2.45) is 5.92 Å². The van der Waals surface area contributed by atoms with Crippen LogP contribution in [0.3, 0.4) is 0 Å². The van der Waals surface area contributed by atoms with Crippen LogP contribution >= 0.6 is 0 Å². The first-order valence-electron chi connectivity index (χ1n) is 8.27. The molecule has 2 aliphatic rings. The molecule has 3 rings (SSSR count). The molecular formula is C17H22FN3O3. The number of carbonyl (C=O) groups excluding carboxylic acids is 1. The number of hydrogen-bond donors (Lipinski definition) is 2. The molecule has 1 aliphatic heterocycles. The number of benzene rings is 1. The second-order valence-corrected chi connectivity index (χ2v) is 6.49. The molecule has 1 saturated carbocycles. The highest BCUT2D eigenvalue weighted by Gasteiger charge is 2.41. The Morgan fingerprint density at radius 1 is 1.17 bits per heavy atom. The lowest BCUT2D eigenvalue weighted by atomic mass is 10.1. The standard InChI is InChI=1S/C17H22FN3O3/c18-13-3-5-14(6-4-13)19-15(22)11-20-7-9-21(10-8-20)16(17(23)24)12-1-2-12/h3-6,12,16H,1-2,7-11H2,(H,19,22)(H,23,24). The Morgan fingerprint density at radius 3 is 2.33 bits per heavy atom. The van der Waals surface area contributed by atoms with Crippen LogP contribution in [0.4, 0.5) is 10.1 Å². The summed E-state index contributed by atoms with van der Waals surface area (Å²) in [6.45, 7) is 2.93. The van der Waals surface area contributed by atoms with Gasteiger partial charge >= 0.3 is 5.97 Å². The highest BCUT2D eigenvalue weighted by molar-refractivity contribution is 5.92. The first kappa shape index (κ1) is 16.9. The largest absolute Gasteiger partial charge is 0.480 e. The summed E-state index contributed by atoms with van der Waals surface area (Å²) >= 11 is 0. The predicted molar refractivity (Wildman–Crippen MR) is 87.2 cm³/mol. The zero-order valence-corrected chi connectivity index (χ0v) is 13.4. The molecule has 1 heterocycles. The van der Waals surface area contributed by atoms with E-state index in [2.05, 4.69) is 5.32 Å². The fraction of sp³-hybridized carbons (Fsp3) is 0.529. The van der Waals surface area contributed by atoms with Gasteiger partial charge in [0.1, 0.15) is 11.9 Å². The molecule has 130 valence electrons. The molecule has 1 atom stereocenters. The van der Waals surface area contributed by atoms with E-state index in [0.29, 0.717) is 31.9 Å². The van der Waals surface area contributed by atoms with Gasteiger partial charge in [-0.2, -0.15) is 0 Å². The minimum atomic E-state index is -0.736. The van der Waals surface area contributed by atoms with E-state index in [4.69, 9.17) is 0 Å². The van der Waals surface area contributed by atoms with Gasteiger partial charge in [0.15, 0.2) is 0 Å². The third kappa shape index (κ3) is 4.30. The summed E-state index contributed by atoms with van der Waals surface area (Å²) < 4.78 is 12.8. The fourth-order valence-corrected chi connectivity index (χ4v) is 3.20. The molecule has 6 nitrogen and oxygen atoms in total. The molecule has 0 spiro atoms. The molecular weight excluding hydrogens is 313 g/mol. The van der Waals surface area contributed by atoms with Crippen LogP contribution in [0.25, 0.3) is 0 Å². The summed E-state index contributed by atoms with van der Waals surface area (Å²) in [7, 11) is 0. The van der Waals surface area contributed by atoms with Crippen molar-refractivity contribution in [2.75, 3.05) is 38.0 Å². The lowest BCUT2D eigenvalue weighted by Crippen LogP contribution is -2.54. The number of rotatable bonds is 6. The fourth-order valence-electron chi connectivity index (χ4n) is 3.20. The highest BCUT2D eigenvalue weighted by atomic mass is 19.1. The maximum atomic E-state index is 12.8. The third-order valence-electron chi connectivity index (χ3n) is 4.62. The van der Waals surface area contributed by atoms with Crippen LogP contribution < -0.4 is 5.32 Å². The third-order valence-corrected chi connectivity index (χ3v) is 4.62. The van der Waals surface area contributed by atoms with Gasteiger partial charge in [0.05, 0.1) is 6.54 Å². The van der Waals surface area contributed by atoms with Crippen molar-refractivity contribution in [3.05, 3.63) is 30.1 Å². The molecule has 24 heavy (non-hydrogen) atoms. The van der Waals surface area contributed by atoms with Crippen molar-refractivity contribution in [2.45, 2.75) is 18.9 Å². The van der Waals surface area contributed by atoms with Gasteiger partial charge in [-0.1, -0.05) is 0 Å². The van der Waals surface area contributed by atoms with Crippen LogP contribution in [0.5, 0.6) is 0 Å². The zero-order chi connectivity index (χ0) is 17.1. The molecule has 1 aliphatic carbocycles. The van der Waals surface area contributed by atoms with Crippen LogP contribution in [-0.2, 0) is 9.59 Å². The second kappa shape index (κ2) is 7.27. The number of carboxylic acid groups (broad SMARTS) is 1. The van der Waals surface area contributed by atoms with Crippen LogP contribution in [0, 0.1) is 11.7 Å². The average Bonchev–Trinajstić information content (AvgIpc) is 3.36. The molecule has 1 aromatic rings. The van der Waals surface area contributed by atoms with Crippen LogP contribution in [0.2, 0.25) is 0 Å². The van der Waals surface area contributed by atoms with E-state index in [1.54, 1.807) is 0 Å². The van der Waals surface area contributed by atoms with E-state index in [0.717, 1.165) is 12.8 Å². The Hall–Kier alpha value is -1.99. The van der Waals surface area contributed by atoms with Gasteiger partial charge in [0.25, 0.3) is 0 Å². The normalized spacial score (nSPS) is 20.5. The molecule has 2 fully saturated rings. The smallest absolute Gasteiger partial charge is 0.321 e. The first-order chi connectivity index (χ1) is 11.5. The van der Waals surface area contributed by atoms with Gasteiger partial charge in [0, 0.05) is 31.9 Å². The van der Waals surface area contributed by atoms with E-state index in [9.17, 15) is 19.1 Å². The topological polar surface area (TPSA) is 72.9 Å². The van der Waals surface area contributed by atoms with E-state index in [1.807, 2.05) is 9.80 Å². The van der Waals surface area contributed by atoms with Gasteiger partial charge in [-0.25, -0.2) is 4.39 Å². The van der Waals surface area contributed by atoms with E-state index >= 15 is 0 Å². The van der Waals surface area contributed by atoms with Gasteiger partial charge in [-0.15, -0.1) is 0 Å². The van der Waals surface area contributed by atoms with Crippen LogP contribution in [0.1, 0.15) is 12.8 Å². The number of carboxylic acids is 1. The van der Waals surface area contributed by atoms with Crippen molar-refractivity contribution in [1.29, 1.82) is 0 Å². The van der Waals surface area contributed by atoms with Gasteiger partial charge in [0.2, 0.25) is 5.91 Å². The summed E-state index contributed by atoms with van der Waals surface area (Å²) in [6.07, 6.45) is 1.99. The Morgan fingerprint density at radius 2 is 1.79 bits per heavy atom. The monoisotopic (exact) mass is 335 g/mol. The summed E-state index contributed by atoms with van der Waals surface area (Å²) in [5.74, 6) is -0.935. The number of amides is 1. The molecule has 0 aromatic heterocycles. The SMILES string of the molecule is O=C(CN1CCN(C(C(=O)O)C2CC2)CC1)Nc1ccc(F)cc1. The number of hydrogen-bond acceptors (Lipinski definition) is 4. The second-order valence-electron chi connectivity index (χ2n) is 6.49. The molecule has 1 aromatic carbocycles. The van der Waals surface area contributed by atoms with Gasteiger partial charge < -0.3 is 10.4 Å². The van der Waals surface area contributed by atoms with Crippen molar-refractivity contribution in [1.82, 2.24) is 9.80 Å². The summed E-state index contributed by atoms with van der Waals surface area (Å²) in [4.78, 5) is 27.5. The molecule has 1 unspecified atom stereocenters. The minimum absolute atomic E-state index is 0.146. The summed E-state index contributed by atoms with van der Waals surface area (Å²) in [5.41, 5.74) is 0.569. The lowest BCUT2D eigenvalue weighted by Gasteiger charge is -2.37. The number of carbonyl (C=O) groups is 2. The molecule has 2 N–H and O–H groups in total. The van der Waals surface area contributed by atoms with Crippen molar-refractivity contribution >= 4 is 17.6 Å². The van der Waals surface area contributed by atoms with Crippen molar-refractivity contribution in [3.63, 3.8) is 0 Å². The molecule has 7 heteroatoms. The summed E-state index contributed by atoms with van der Waals surface area (Å²) in [5, 5.41) is 12.1. The first-order valence-corrected chi connectivity index (χ1v) is 8.27. The van der Waals surface area contributed by atoms with E-state index in [1.165, 1.54) is 24.3 Å². The molecule has 0 bridgehead atoms. The zero-order valence-electron chi connectivity index (χ0n) is 13.4. The number of nitrogens with zero attached hydrogens (tertiary/aromatic N) is 2. The van der Waals surface area contributed by atoms with Crippen molar-refractivity contribution < 1.29 is 19.1 Å². The number of aliphatic carboxylic acids is 1. The van der Waals surface area contributed by atoms with Crippen molar-refractivity contribution in [3.8, 4) is 0 Å². The van der Waals surface area contributed by atoms with Crippen LogP contribution in [0.15, 0.2) is 24.3 Å². The minimum Gasteiger partial charge on any atom is -0.480 e. The quantitative estimate of drug-likeness (QED) is 0.818. The number of anilines is 1. The maximum absolute atomic E-state index is 12.8.